The van der Waals surface area contributed by atoms with Gasteiger partial charge in [-0.25, -0.2) is 0 Å². The van der Waals surface area contributed by atoms with Crippen LogP contribution >= 0.6 is 0 Å². The van der Waals surface area contributed by atoms with E-state index in [1.165, 1.54) is 5.73 Å². The van der Waals surface area contributed by atoms with Crippen LogP contribution in [0.15, 0.2) is 4.99 Å². The van der Waals surface area contributed by atoms with Gasteiger partial charge in [0.15, 0.2) is 0 Å². The van der Waals surface area contributed by atoms with Crippen LogP contribution in [0.5, 0.6) is 0 Å². The smallest absolute Gasteiger partial charge is 0.0538 e. The molecule has 1 aliphatic heterocycles. The quantitative estimate of drug-likeness (QED) is 0.347. The topological polar surface area (TPSA) is 24.4 Å². The van der Waals surface area contributed by atoms with Crippen molar-refractivity contribution in [3.8, 4) is 0 Å². The third kappa shape index (κ3) is 0.532. The molecule has 0 aliphatic carbocycles. The van der Waals surface area contributed by atoms with Gasteiger partial charge in [0, 0.05) is 14.4 Å². The number of rotatable bonds is 0. The minimum Gasteiger partial charge on any atom is -0.408 e. The van der Waals surface area contributed by atoms with Crippen LogP contribution in [-0.2, 0) is 0 Å². The lowest BCUT2D eigenvalue weighted by molar-refractivity contribution is 0.963. The minimum absolute atomic E-state index is 0.382. The van der Waals surface area contributed by atoms with Gasteiger partial charge in [0.2, 0.25) is 0 Å². The molecule has 3 heteroatoms. The van der Waals surface area contributed by atoms with E-state index < -0.39 is 0 Å². The SMILES string of the molecule is [BH3-]C1=NCCN1. The number of nitrogens with zero attached hydrogens (tertiary/aromatic N) is 1. The average molecular weight is 82.9 g/mol. The van der Waals surface area contributed by atoms with E-state index in [0.29, 0.717) is 7.85 Å². The van der Waals surface area contributed by atoms with Gasteiger partial charge < -0.3 is 10.3 Å². The van der Waals surface area contributed by atoms with Crippen LogP contribution in [0.1, 0.15) is 0 Å². The normalized spacial score (nSPS) is 19.8. The van der Waals surface area contributed by atoms with Crippen molar-refractivity contribution in [3.05, 3.63) is 0 Å². The summed E-state index contributed by atoms with van der Waals surface area (Å²) in [7, 11) is 0.382. The van der Waals surface area contributed by atoms with E-state index in [4.69, 9.17) is 0 Å². The highest BCUT2D eigenvalue weighted by molar-refractivity contribution is 6.59. The fourth-order valence-electron chi connectivity index (χ4n) is 0.280. The van der Waals surface area contributed by atoms with Crippen LogP contribution in [-0.4, -0.2) is 26.7 Å². The maximum absolute atomic E-state index is 4.15. The molecule has 2 nitrogen and oxygen atoms in total. The average Bonchev–Trinajstić information content (AvgIpc) is 1.86. The summed E-state index contributed by atoms with van der Waals surface area (Å²) in [6.07, 6.45) is 0. The van der Waals surface area contributed by atoms with Crippen molar-refractivity contribution in [1.82, 2.24) is 5.32 Å². The molecule has 1 heterocycles. The Morgan fingerprint density at radius 1 is 1.83 bits per heavy atom. The summed E-state index contributed by atoms with van der Waals surface area (Å²) in [6, 6.07) is 0. The van der Waals surface area contributed by atoms with Crippen LogP contribution < -0.4 is 5.32 Å². The minimum atomic E-state index is 0.382. The van der Waals surface area contributed by atoms with Crippen molar-refractivity contribution >= 4 is 13.6 Å². The second-order valence-electron chi connectivity index (χ2n) is 0.920. The first-order valence-electron chi connectivity index (χ1n) is 1.64. The maximum Gasteiger partial charge on any atom is 0.0538 e. The zero-order valence-electron chi connectivity index (χ0n) is 2.86. The van der Waals surface area contributed by atoms with Crippen molar-refractivity contribution in [2.24, 2.45) is 4.99 Å². The summed E-state index contributed by atoms with van der Waals surface area (Å²) in [5, 5.41) is 3.18. The van der Waals surface area contributed by atoms with Gasteiger partial charge in [0.25, 0.3) is 0 Å². The third-order valence-electron chi connectivity index (χ3n) is 0.507. The van der Waals surface area contributed by atoms with Gasteiger partial charge in [0.05, 0.1) is 6.54 Å². The van der Waals surface area contributed by atoms with Crippen molar-refractivity contribution in [2.45, 2.75) is 0 Å². The van der Waals surface area contributed by atoms with Gasteiger partial charge in [-0.05, 0) is 0 Å². The van der Waals surface area contributed by atoms with E-state index in [9.17, 15) is 0 Å². The van der Waals surface area contributed by atoms with E-state index in [2.05, 4.69) is 10.3 Å². The van der Waals surface area contributed by atoms with Crippen molar-refractivity contribution in [3.63, 3.8) is 0 Å². The Balaban J connectivity index is 2.45. The van der Waals surface area contributed by atoms with E-state index in [1.807, 2.05) is 0 Å². The second kappa shape index (κ2) is 1.33. The fraction of sp³-hybridized carbons (Fsp3) is 0.667. The van der Waals surface area contributed by atoms with Gasteiger partial charge in [-0.1, -0.05) is 5.73 Å². The van der Waals surface area contributed by atoms with Crippen LogP contribution in [0.3, 0.4) is 0 Å². The van der Waals surface area contributed by atoms with E-state index in [0.717, 1.165) is 13.1 Å². The predicted octanol–water partition coefficient (Wildman–Crippen LogP) is -1.69. The second-order valence-corrected chi connectivity index (χ2v) is 0.920. The molecule has 6 heavy (non-hydrogen) atoms. The number of amidine groups is 1. The Morgan fingerprint density at radius 2 is 2.67 bits per heavy atom. The largest absolute Gasteiger partial charge is 0.408 e. The van der Waals surface area contributed by atoms with Crippen molar-refractivity contribution < 1.29 is 0 Å². The zero-order chi connectivity index (χ0) is 4.41. The van der Waals surface area contributed by atoms with Crippen LogP contribution in [0.2, 0.25) is 0 Å². The molecular weight excluding hydrogens is 74.9 g/mol. The predicted molar refractivity (Wildman–Crippen MR) is 30.2 cm³/mol. The van der Waals surface area contributed by atoms with Crippen LogP contribution in [0, 0.1) is 0 Å². The van der Waals surface area contributed by atoms with E-state index in [1.54, 1.807) is 0 Å². The summed E-state index contributed by atoms with van der Waals surface area (Å²) in [6.45, 7) is 2.12. The number of hydrogen-bond acceptors (Lipinski definition) is 2. The molecule has 0 saturated heterocycles. The van der Waals surface area contributed by atoms with E-state index in [-0.39, 0.29) is 0 Å². The lowest BCUT2D eigenvalue weighted by atomic mass is 10.1. The molecule has 0 atom stereocenters. The maximum atomic E-state index is 4.15. The fourth-order valence-corrected chi connectivity index (χ4v) is 0.280. The standard InChI is InChI=1S/C3H8BN2/c4-3-5-1-2-6-3/h1-2H2,4H3,(H,5,6)/q-1. The first-order valence-corrected chi connectivity index (χ1v) is 1.64. The number of aliphatic imine (C=N–C) groups is 1. The molecule has 0 aromatic heterocycles. The molecule has 0 fully saturated rings. The number of hydrogen-bond donors (Lipinski definition) is 1. The molecule has 0 unspecified atom stereocenters. The molecule has 1 rings (SSSR count). The lowest BCUT2D eigenvalue weighted by Gasteiger charge is -1.92. The highest BCUT2D eigenvalue weighted by Crippen LogP contribution is 1.76. The van der Waals surface area contributed by atoms with Gasteiger partial charge >= 0.3 is 0 Å². The molecule has 0 spiro atoms. The van der Waals surface area contributed by atoms with Gasteiger partial charge in [-0.2, -0.15) is 0 Å². The Labute approximate surface area is 38.1 Å². The Morgan fingerprint density at radius 3 is 2.83 bits per heavy atom. The summed E-state index contributed by atoms with van der Waals surface area (Å²) in [4.78, 5) is 4.15. The Hall–Kier alpha value is -0.465. The Bertz CT molecular complexity index is 78.9. The first-order chi connectivity index (χ1) is 2.89. The van der Waals surface area contributed by atoms with Crippen molar-refractivity contribution in [2.75, 3.05) is 13.1 Å². The van der Waals surface area contributed by atoms with Gasteiger partial charge in [-0.15, -0.1) is 0 Å². The molecule has 0 amide bonds. The molecule has 1 N–H and O–H groups in total. The molecule has 1 aliphatic rings. The monoisotopic (exact) mass is 83.1 g/mol. The molecule has 34 valence electrons. The zero-order valence-corrected chi connectivity index (χ0v) is 2.86. The molecular formula is C3H8BN2-. The third-order valence-corrected chi connectivity index (χ3v) is 0.507. The van der Waals surface area contributed by atoms with Gasteiger partial charge in [0.1, 0.15) is 0 Å². The van der Waals surface area contributed by atoms with Crippen molar-refractivity contribution in [1.29, 1.82) is 0 Å². The number of nitrogens with one attached hydrogen (secondary N) is 1. The molecule has 0 aromatic carbocycles. The summed E-state index contributed by atoms with van der Waals surface area (Å²) in [5.41, 5.74) is 1.33. The lowest BCUT2D eigenvalue weighted by Crippen LogP contribution is -2.17. The summed E-state index contributed by atoms with van der Waals surface area (Å²) in [5.74, 6) is 0. The molecule has 0 saturated carbocycles. The molecule has 0 aromatic rings. The summed E-state index contributed by atoms with van der Waals surface area (Å²) >= 11 is 0. The van der Waals surface area contributed by atoms with Crippen LogP contribution in [0.25, 0.3) is 0 Å². The first kappa shape index (κ1) is 3.72. The van der Waals surface area contributed by atoms with Gasteiger partial charge in [-0.3, -0.25) is 0 Å². The Kier molecular flexibility index (Phi) is 0.822. The highest BCUT2D eigenvalue weighted by Gasteiger charge is 1.88. The highest BCUT2D eigenvalue weighted by atomic mass is 15.0. The summed E-state index contributed by atoms with van der Waals surface area (Å²) < 4.78 is 0. The van der Waals surface area contributed by atoms with E-state index >= 15 is 0 Å². The van der Waals surface area contributed by atoms with Crippen LogP contribution in [0.4, 0.5) is 0 Å². The molecule has 0 bridgehead atoms. The molecule has 0 radical (unpaired) electrons.